The number of pyridine rings is 1. The molecule has 1 aromatic heterocycles. The lowest BCUT2D eigenvalue weighted by molar-refractivity contribution is -0.126. The van der Waals surface area contributed by atoms with Gasteiger partial charge in [-0.1, -0.05) is 13.0 Å². The van der Waals surface area contributed by atoms with Crippen molar-refractivity contribution in [1.82, 2.24) is 15.2 Å². The first-order valence-electron chi connectivity index (χ1n) is 7.15. The van der Waals surface area contributed by atoms with Crippen LogP contribution in [0, 0.1) is 6.92 Å². The van der Waals surface area contributed by atoms with Crippen LogP contribution < -0.4 is 10.6 Å². The van der Waals surface area contributed by atoms with E-state index in [9.17, 15) is 9.59 Å². The fourth-order valence-electron chi connectivity index (χ4n) is 1.75. The van der Waals surface area contributed by atoms with Crippen molar-refractivity contribution in [1.29, 1.82) is 0 Å². The van der Waals surface area contributed by atoms with E-state index < -0.39 is 0 Å². The third-order valence-electron chi connectivity index (χ3n) is 3.14. The molecule has 1 heterocycles. The minimum absolute atomic E-state index is 0.0687. The van der Waals surface area contributed by atoms with Gasteiger partial charge in [-0.2, -0.15) is 0 Å². The lowest BCUT2D eigenvalue weighted by atomic mass is 10.2. The molecule has 6 nitrogen and oxygen atoms in total. The van der Waals surface area contributed by atoms with Crippen molar-refractivity contribution in [3.63, 3.8) is 0 Å². The maximum absolute atomic E-state index is 12.0. The van der Waals surface area contributed by atoms with E-state index >= 15 is 0 Å². The van der Waals surface area contributed by atoms with Gasteiger partial charge in [0.15, 0.2) is 0 Å². The van der Waals surface area contributed by atoms with E-state index in [1.807, 2.05) is 26.0 Å². The molecule has 2 N–H and O–H groups in total. The fraction of sp³-hybridized carbons (Fsp3) is 0.533. The number of aromatic nitrogens is 1. The number of nitrogens with one attached hydrogen (secondary N) is 2. The number of aryl methyl sites for hydroxylation is 1. The third kappa shape index (κ3) is 5.91. The maximum atomic E-state index is 12.0. The smallest absolute Gasteiger partial charge is 0.239 e. The van der Waals surface area contributed by atoms with Gasteiger partial charge in [0.25, 0.3) is 0 Å². The number of carbonyl (C=O) groups excluding carboxylic acids is 2. The molecular formula is C15H24N4O2. The maximum Gasteiger partial charge on any atom is 0.239 e. The van der Waals surface area contributed by atoms with Crippen molar-refractivity contribution in [3.8, 4) is 0 Å². The zero-order chi connectivity index (χ0) is 15.8. The van der Waals surface area contributed by atoms with Crippen LogP contribution in [0.3, 0.4) is 0 Å². The molecule has 0 radical (unpaired) electrons. The highest BCUT2D eigenvalue weighted by molar-refractivity contribution is 5.92. The summed E-state index contributed by atoms with van der Waals surface area (Å²) in [5.74, 6) is 0.267. The van der Waals surface area contributed by atoms with Gasteiger partial charge in [-0.15, -0.1) is 0 Å². The summed E-state index contributed by atoms with van der Waals surface area (Å²) >= 11 is 0. The van der Waals surface area contributed by atoms with Crippen molar-refractivity contribution in [2.45, 2.75) is 33.2 Å². The molecule has 1 unspecified atom stereocenters. The van der Waals surface area contributed by atoms with Gasteiger partial charge in [-0.05, 0) is 39.4 Å². The number of hydrogen-bond donors (Lipinski definition) is 2. The van der Waals surface area contributed by atoms with Crippen LogP contribution in [0.1, 0.15) is 26.0 Å². The molecule has 21 heavy (non-hydrogen) atoms. The first-order chi connectivity index (χ1) is 9.93. The summed E-state index contributed by atoms with van der Waals surface area (Å²) in [7, 11) is 1.75. The largest absolute Gasteiger partial charge is 0.355 e. The Hall–Kier alpha value is -1.95. The summed E-state index contributed by atoms with van der Waals surface area (Å²) in [6.07, 6.45) is 0.891. The normalized spacial score (nSPS) is 12.0. The van der Waals surface area contributed by atoms with E-state index in [0.29, 0.717) is 12.4 Å². The number of amides is 2. The van der Waals surface area contributed by atoms with E-state index in [-0.39, 0.29) is 24.4 Å². The minimum Gasteiger partial charge on any atom is -0.355 e. The van der Waals surface area contributed by atoms with Crippen LogP contribution in [0.2, 0.25) is 0 Å². The molecule has 0 aliphatic heterocycles. The molecule has 0 aromatic carbocycles. The quantitative estimate of drug-likeness (QED) is 0.791. The van der Waals surface area contributed by atoms with Gasteiger partial charge in [0.2, 0.25) is 11.8 Å². The topological polar surface area (TPSA) is 74.3 Å². The van der Waals surface area contributed by atoms with Crippen LogP contribution in [-0.2, 0) is 9.59 Å². The number of likely N-dealkylation sites (N-methyl/N-ethyl adjacent to an activating group) is 1. The van der Waals surface area contributed by atoms with Crippen LogP contribution in [0.25, 0.3) is 0 Å². The Morgan fingerprint density at radius 3 is 2.71 bits per heavy atom. The Balaban J connectivity index is 2.48. The molecule has 1 aromatic rings. The fourth-order valence-corrected chi connectivity index (χ4v) is 1.75. The van der Waals surface area contributed by atoms with Gasteiger partial charge in [0.05, 0.1) is 12.6 Å². The second-order valence-corrected chi connectivity index (χ2v) is 5.09. The van der Waals surface area contributed by atoms with Crippen molar-refractivity contribution in [2.24, 2.45) is 0 Å². The average Bonchev–Trinajstić information content (AvgIpc) is 2.43. The lowest BCUT2D eigenvalue weighted by Gasteiger charge is -2.23. The Bertz CT molecular complexity index is 490. The second kappa shape index (κ2) is 8.36. The highest BCUT2D eigenvalue weighted by Gasteiger charge is 2.19. The first kappa shape index (κ1) is 17.1. The van der Waals surface area contributed by atoms with Gasteiger partial charge in [0.1, 0.15) is 5.82 Å². The zero-order valence-electron chi connectivity index (χ0n) is 13.1. The Morgan fingerprint density at radius 1 is 1.38 bits per heavy atom. The van der Waals surface area contributed by atoms with E-state index in [0.717, 1.165) is 12.1 Å². The highest BCUT2D eigenvalue weighted by atomic mass is 16.2. The molecule has 0 spiro atoms. The Labute approximate surface area is 125 Å². The summed E-state index contributed by atoms with van der Waals surface area (Å²) in [4.78, 5) is 29.7. The van der Waals surface area contributed by atoms with E-state index in [4.69, 9.17) is 0 Å². The van der Waals surface area contributed by atoms with Crippen LogP contribution in [0.5, 0.6) is 0 Å². The summed E-state index contributed by atoms with van der Waals surface area (Å²) < 4.78 is 0. The number of nitrogens with zero attached hydrogens (tertiary/aromatic N) is 2. The van der Waals surface area contributed by atoms with Crippen LogP contribution in [0.15, 0.2) is 18.2 Å². The highest BCUT2D eigenvalue weighted by Crippen LogP contribution is 2.04. The average molecular weight is 292 g/mol. The molecule has 0 saturated heterocycles. The molecule has 0 fully saturated rings. The van der Waals surface area contributed by atoms with Gasteiger partial charge in [0, 0.05) is 12.2 Å². The molecular weight excluding hydrogens is 268 g/mol. The Kier molecular flexibility index (Phi) is 6.81. The number of rotatable bonds is 7. The van der Waals surface area contributed by atoms with E-state index in [1.54, 1.807) is 24.9 Å². The molecule has 1 atom stereocenters. The van der Waals surface area contributed by atoms with Gasteiger partial charge in [-0.3, -0.25) is 14.5 Å². The first-order valence-corrected chi connectivity index (χ1v) is 7.15. The van der Waals surface area contributed by atoms with Crippen LogP contribution >= 0.6 is 0 Å². The molecule has 1 rings (SSSR count). The van der Waals surface area contributed by atoms with Gasteiger partial charge < -0.3 is 10.6 Å². The molecule has 2 amide bonds. The minimum atomic E-state index is -0.354. The number of carbonyl (C=O) groups is 2. The van der Waals surface area contributed by atoms with E-state index in [2.05, 4.69) is 15.6 Å². The van der Waals surface area contributed by atoms with Crippen molar-refractivity contribution in [2.75, 3.05) is 25.5 Å². The predicted octanol–water partition coefficient (Wildman–Crippen LogP) is 1.18. The molecule has 0 saturated carbocycles. The monoisotopic (exact) mass is 292 g/mol. The Morgan fingerprint density at radius 2 is 2.10 bits per heavy atom. The van der Waals surface area contributed by atoms with Gasteiger partial charge >= 0.3 is 0 Å². The van der Waals surface area contributed by atoms with Crippen molar-refractivity contribution >= 4 is 17.6 Å². The SMILES string of the molecule is CCCNC(=O)C(C)N(C)CC(=O)Nc1cccc(C)n1. The molecule has 6 heteroatoms. The molecule has 0 aliphatic rings. The van der Waals surface area contributed by atoms with Gasteiger partial charge in [-0.25, -0.2) is 4.98 Å². The summed E-state index contributed by atoms with van der Waals surface area (Å²) in [5, 5.41) is 5.55. The summed E-state index contributed by atoms with van der Waals surface area (Å²) in [5.41, 5.74) is 0.841. The number of hydrogen-bond acceptors (Lipinski definition) is 4. The van der Waals surface area contributed by atoms with Crippen LogP contribution in [-0.4, -0.2) is 47.9 Å². The van der Waals surface area contributed by atoms with Crippen LogP contribution in [0.4, 0.5) is 5.82 Å². The second-order valence-electron chi connectivity index (χ2n) is 5.09. The molecule has 116 valence electrons. The van der Waals surface area contributed by atoms with Crippen molar-refractivity contribution < 1.29 is 9.59 Å². The lowest BCUT2D eigenvalue weighted by Crippen LogP contribution is -2.46. The third-order valence-corrected chi connectivity index (χ3v) is 3.14. The number of anilines is 1. The molecule has 0 bridgehead atoms. The predicted molar refractivity (Wildman–Crippen MR) is 83.0 cm³/mol. The summed E-state index contributed by atoms with van der Waals surface area (Å²) in [6, 6.07) is 5.08. The standard InChI is InChI=1S/C15H24N4O2/c1-5-9-16-15(21)12(3)19(4)10-14(20)18-13-8-6-7-11(2)17-13/h6-8,12H,5,9-10H2,1-4H3,(H,16,21)(H,17,18,20). The summed E-state index contributed by atoms with van der Waals surface area (Å²) in [6.45, 7) is 6.43. The molecule has 0 aliphatic carbocycles. The zero-order valence-corrected chi connectivity index (χ0v) is 13.1. The van der Waals surface area contributed by atoms with E-state index in [1.165, 1.54) is 0 Å². The van der Waals surface area contributed by atoms with Crippen molar-refractivity contribution in [3.05, 3.63) is 23.9 Å².